The summed E-state index contributed by atoms with van der Waals surface area (Å²) in [6.45, 7) is -0.161. The second-order valence-electron chi connectivity index (χ2n) is 4.57. The van der Waals surface area contributed by atoms with Crippen LogP contribution in [0.1, 0.15) is 11.9 Å². The van der Waals surface area contributed by atoms with Crippen molar-refractivity contribution in [3.05, 3.63) is 16.2 Å². The number of anilines is 1. The number of nitrogen functional groups attached to an aromatic ring is 1. The highest BCUT2D eigenvalue weighted by molar-refractivity contribution is 5.70. The van der Waals surface area contributed by atoms with E-state index in [1.54, 1.807) is 0 Å². The number of fused-ring (bicyclic) bond motifs is 1. The van der Waals surface area contributed by atoms with Gasteiger partial charge in [-0.2, -0.15) is 4.98 Å². The van der Waals surface area contributed by atoms with Crippen molar-refractivity contribution in [3.8, 4) is 0 Å². The zero-order valence-corrected chi connectivity index (χ0v) is 10.1. The van der Waals surface area contributed by atoms with Crippen molar-refractivity contribution in [1.29, 1.82) is 0 Å². The molecule has 1 fully saturated rings. The lowest BCUT2D eigenvalue weighted by atomic mass is 10.00. The van der Waals surface area contributed by atoms with Crippen molar-refractivity contribution < 1.29 is 20.1 Å². The van der Waals surface area contributed by atoms with Gasteiger partial charge in [-0.05, 0) is 0 Å². The number of nitrogens with one attached hydrogen (secondary N) is 2. The van der Waals surface area contributed by atoms with Gasteiger partial charge >= 0.3 is 0 Å². The number of nitrogens with two attached hydrogens (primary N) is 1. The number of ether oxygens (including phenoxy) is 1. The van der Waals surface area contributed by atoms with Crippen molar-refractivity contribution in [1.82, 2.24) is 19.9 Å². The van der Waals surface area contributed by atoms with Gasteiger partial charge < -0.3 is 30.8 Å². The maximum Gasteiger partial charge on any atom is 0.278 e. The van der Waals surface area contributed by atoms with Crippen LogP contribution >= 0.6 is 0 Å². The van der Waals surface area contributed by atoms with Crippen LogP contribution in [0.15, 0.2) is 4.79 Å². The average Bonchev–Trinajstić information content (AvgIpc) is 2.80. The third-order valence-corrected chi connectivity index (χ3v) is 3.17. The van der Waals surface area contributed by atoms with Gasteiger partial charge in [0.1, 0.15) is 30.2 Å². The molecule has 0 aliphatic carbocycles. The molecule has 7 N–H and O–H groups in total. The summed E-state index contributed by atoms with van der Waals surface area (Å²) in [5, 5.41) is 28.9. The van der Waals surface area contributed by atoms with Gasteiger partial charge in [0.15, 0.2) is 11.2 Å². The van der Waals surface area contributed by atoms with Gasteiger partial charge in [0.25, 0.3) is 5.56 Å². The van der Waals surface area contributed by atoms with Crippen molar-refractivity contribution in [3.63, 3.8) is 0 Å². The predicted molar refractivity (Wildman–Crippen MR) is 65.6 cm³/mol. The Kier molecular flexibility index (Phi) is 2.94. The van der Waals surface area contributed by atoms with E-state index in [1.807, 2.05) is 0 Å². The summed E-state index contributed by atoms with van der Waals surface area (Å²) < 4.78 is 5.23. The Hall–Kier alpha value is -2.01. The highest BCUT2D eigenvalue weighted by Gasteiger charge is 2.40. The molecule has 10 nitrogen and oxygen atoms in total. The van der Waals surface area contributed by atoms with Crippen LogP contribution in [0.5, 0.6) is 0 Å². The number of aromatic amines is 2. The second kappa shape index (κ2) is 4.52. The fraction of sp³-hybridized carbons (Fsp3) is 0.500. The van der Waals surface area contributed by atoms with Gasteiger partial charge in [-0.25, -0.2) is 4.98 Å². The van der Waals surface area contributed by atoms with Crippen LogP contribution in [0.25, 0.3) is 11.2 Å². The number of nitrogens with zero attached hydrogens (tertiary/aromatic N) is 2. The van der Waals surface area contributed by atoms with Crippen molar-refractivity contribution in [2.24, 2.45) is 0 Å². The summed E-state index contributed by atoms with van der Waals surface area (Å²) in [6, 6.07) is 0. The molecule has 20 heavy (non-hydrogen) atoms. The molecular formula is C10H13N5O5. The van der Waals surface area contributed by atoms with E-state index in [0.29, 0.717) is 0 Å². The van der Waals surface area contributed by atoms with Gasteiger partial charge in [-0.1, -0.05) is 0 Å². The van der Waals surface area contributed by atoms with Crippen LogP contribution in [0, 0.1) is 0 Å². The van der Waals surface area contributed by atoms with Gasteiger partial charge in [0.05, 0.1) is 6.61 Å². The van der Waals surface area contributed by atoms with Crippen molar-refractivity contribution in [2.75, 3.05) is 12.3 Å². The molecule has 1 unspecified atom stereocenters. The Morgan fingerprint density at radius 1 is 1.20 bits per heavy atom. The molecule has 1 saturated heterocycles. The van der Waals surface area contributed by atoms with Crippen molar-refractivity contribution >= 4 is 17.1 Å². The van der Waals surface area contributed by atoms with E-state index in [2.05, 4.69) is 19.9 Å². The molecule has 3 rings (SSSR count). The van der Waals surface area contributed by atoms with E-state index >= 15 is 0 Å². The first-order valence-electron chi connectivity index (χ1n) is 5.88. The standard InChI is InChI=1S/C10H13N5O5/c11-10-14-7-3(9(19)15-10)12-8(13-7)6-5(18)4(17)2(16)1-20-6/h2,4-6,16-18H,1H2,(H4,11,12,13,14,15,19)/t2-,4-,5-,6?/m0/s1. The van der Waals surface area contributed by atoms with E-state index in [0.717, 1.165) is 0 Å². The minimum atomic E-state index is -1.38. The highest BCUT2D eigenvalue weighted by atomic mass is 16.5. The Bertz CT molecular complexity index is 697. The number of aliphatic hydroxyl groups excluding tert-OH is 3. The molecule has 4 atom stereocenters. The van der Waals surface area contributed by atoms with Crippen LogP contribution in [-0.2, 0) is 4.74 Å². The molecule has 108 valence electrons. The van der Waals surface area contributed by atoms with Gasteiger partial charge in [0, 0.05) is 0 Å². The normalized spacial score (nSPS) is 30.8. The molecule has 2 aromatic heterocycles. The highest BCUT2D eigenvalue weighted by Crippen LogP contribution is 2.27. The predicted octanol–water partition coefficient (Wildman–Crippen LogP) is -2.62. The van der Waals surface area contributed by atoms with E-state index < -0.39 is 30.0 Å². The average molecular weight is 283 g/mol. The van der Waals surface area contributed by atoms with Gasteiger partial charge in [-0.15, -0.1) is 0 Å². The summed E-state index contributed by atoms with van der Waals surface area (Å²) in [4.78, 5) is 24.5. The maximum absolute atomic E-state index is 11.7. The van der Waals surface area contributed by atoms with E-state index in [-0.39, 0.29) is 29.5 Å². The summed E-state index contributed by atoms with van der Waals surface area (Å²) in [5.74, 6) is 0.0446. The lowest BCUT2D eigenvalue weighted by Gasteiger charge is -2.34. The lowest BCUT2D eigenvalue weighted by molar-refractivity contribution is -0.191. The Labute approximate surface area is 111 Å². The fourth-order valence-electron chi connectivity index (χ4n) is 2.12. The van der Waals surface area contributed by atoms with E-state index in [9.17, 15) is 20.1 Å². The third kappa shape index (κ3) is 1.94. The van der Waals surface area contributed by atoms with Gasteiger partial charge in [0.2, 0.25) is 5.95 Å². The zero-order valence-electron chi connectivity index (χ0n) is 10.1. The molecular weight excluding hydrogens is 270 g/mol. The second-order valence-corrected chi connectivity index (χ2v) is 4.57. The molecule has 1 aliphatic heterocycles. The number of aromatic nitrogens is 4. The lowest BCUT2D eigenvalue weighted by Crippen LogP contribution is -2.49. The SMILES string of the molecule is Nc1nc2nc(C3OC[C@H](O)[C@H](O)[C@@H]3O)[nH]c2c(=O)[nH]1. The first kappa shape index (κ1) is 13.0. The molecule has 2 aromatic rings. The monoisotopic (exact) mass is 283 g/mol. The first-order valence-corrected chi connectivity index (χ1v) is 5.88. The van der Waals surface area contributed by atoms with Crippen LogP contribution in [-0.4, -0.2) is 60.2 Å². The number of hydrogen-bond acceptors (Lipinski definition) is 8. The Balaban J connectivity index is 2.02. The van der Waals surface area contributed by atoms with E-state index in [1.165, 1.54) is 0 Å². The molecule has 0 bridgehead atoms. The molecule has 0 radical (unpaired) electrons. The number of imidazole rings is 1. The van der Waals surface area contributed by atoms with Crippen LogP contribution in [0.2, 0.25) is 0 Å². The molecule has 10 heteroatoms. The van der Waals surface area contributed by atoms with Crippen LogP contribution < -0.4 is 11.3 Å². The molecule has 0 saturated carbocycles. The molecule has 1 aliphatic rings. The largest absolute Gasteiger partial charge is 0.388 e. The topological polar surface area (TPSA) is 170 Å². The smallest absolute Gasteiger partial charge is 0.278 e. The number of H-pyrrole nitrogens is 2. The molecule has 0 aromatic carbocycles. The number of rotatable bonds is 1. The van der Waals surface area contributed by atoms with Crippen LogP contribution in [0.3, 0.4) is 0 Å². The number of aliphatic hydroxyl groups is 3. The fourth-order valence-corrected chi connectivity index (χ4v) is 2.12. The summed E-state index contributed by atoms with van der Waals surface area (Å²) in [5.41, 5.74) is 5.07. The van der Waals surface area contributed by atoms with E-state index in [4.69, 9.17) is 10.5 Å². The summed E-state index contributed by atoms with van der Waals surface area (Å²) in [6.07, 6.45) is -4.92. The Morgan fingerprint density at radius 3 is 2.70 bits per heavy atom. The first-order chi connectivity index (χ1) is 9.47. The third-order valence-electron chi connectivity index (χ3n) is 3.17. The molecule has 0 amide bonds. The quantitative estimate of drug-likeness (QED) is 0.330. The molecule has 3 heterocycles. The zero-order chi connectivity index (χ0) is 14.4. The summed E-state index contributed by atoms with van der Waals surface area (Å²) in [7, 11) is 0. The molecule has 0 spiro atoms. The maximum atomic E-state index is 11.7. The van der Waals surface area contributed by atoms with Gasteiger partial charge in [-0.3, -0.25) is 9.78 Å². The minimum Gasteiger partial charge on any atom is -0.388 e. The van der Waals surface area contributed by atoms with Crippen LogP contribution in [0.4, 0.5) is 5.95 Å². The summed E-state index contributed by atoms with van der Waals surface area (Å²) >= 11 is 0. The Morgan fingerprint density at radius 2 is 1.95 bits per heavy atom. The number of hydrogen-bond donors (Lipinski definition) is 6. The van der Waals surface area contributed by atoms with Crippen molar-refractivity contribution in [2.45, 2.75) is 24.4 Å². The minimum absolute atomic E-state index is 0.0812.